The predicted molar refractivity (Wildman–Crippen MR) is 101 cm³/mol. The molecule has 1 aliphatic carbocycles. The summed E-state index contributed by atoms with van der Waals surface area (Å²) in [5.41, 5.74) is 0.527. The minimum atomic E-state index is -3.87. The van der Waals surface area contributed by atoms with Crippen LogP contribution in [0.3, 0.4) is 0 Å². The van der Waals surface area contributed by atoms with Gasteiger partial charge in [0.1, 0.15) is 16.4 Å². The molecule has 0 unspecified atom stereocenters. The van der Waals surface area contributed by atoms with E-state index in [1.807, 2.05) is 0 Å². The second-order valence-electron chi connectivity index (χ2n) is 6.13. The fourth-order valence-electron chi connectivity index (χ4n) is 2.45. The lowest BCUT2D eigenvalue weighted by atomic mass is 10.2. The number of aromatic nitrogens is 4. The molecule has 0 atom stereocenters. The molecule has 0 amide bonds. The molecule has 1 heterocycles. The van der Waals surface area contributed by atoms with Gasteiger partial charge < -0.3 is 9.84 Å². The van der Waals surface area contributed by atoms with Crippen LogP contribution in [0.1, 0.15) is 12.8 Å². The number of phenolic OH excluding ortho intramolecular Hbond substituents is 1. The third-order valence-corrected chi connectivity index (χ3v) is 6.05. The maximum atomic E-state index is 12.4. The Bertz CT molecular complexity index is 1110. The van der Waals surface area contributed by atoms with Gasteiger partial charge in [-0.3, -0.25) is 0 Å². The molecule has 1 aromatic heterocycles. The number of ether oxygens (including phenoxy) is 1. The minimum Gasteiger partial charge on any atom is -0.507 e. The highest BCUT2D eigenvalue weighted by Crippen LogP contribution is 2.40. The maximum absolute atomic E-state index is 12.4. The van der Waals surface area contributed by atoms with Crippen molar-refractivity contribution >= 4 is 33.2 Å². The average Bonchev–Trinajstić information content (AvgIpc) is 3.26. The molecule has 3 N–H and O–H groups in total. The molecule has 0 bridgehead atoms. The van der Waals surface area contributed by atoms with Crippen LogP contribution in [0.2, 0.25) is 10.0 Å². The number of aromatic hydroxyl groups is 1. The number of halogens is 2. The molecule has 28 heavy (non-hydrogen) atoms. The van der Waals surface area contributed by atoms with Crippen LogP contribution in [0, 0.1) is 0 Å². The smallest absolute Gasteiger partial charge is 0.244 e. The molecule has 0 aliphatic heterocycles. The Morgan fingerprint density at radius 2 is 1.89 bits per heavy atom. The number of tetrazole rings is 1. The van der Waals surface area contributed by atoms with Crippen molar-refractivity contribution in [2.45, 2.75) is 23.8 Å². The summed E-state index contributed by atoms with van der Waals surface area (Å²) in [6.45, 7) is 0. The summed E-state index contributed by atoms with van der Waals surface area (Å²) in [5, 5.41) is 23.8. The van der Waals surface area contributed by atoms with Crippen molar-refractivity contribution in [3.8, 4) is 28.6 Å². The van der Waals surface area contributed by atoms with Crippen molar-refractivity contribution in [2.75, 3.05) is 0 Å². The summed E-state index contributed by atoms with van der Waals surface area (Å²) in [7, 11) is -3.87. The second kappa shape index (κ2) is 7.21. The summed E-state index contributed by atoms with van der Waals surface area (Å²) in [5.74, 6) is 0.189. The Hall–Kier alpha value is -2.40. The highest BCUT2D eigenvalue weighted by molar-refractivity contribution is 7.89. The van der Waals surface area contributed by atoms with Crippen LogP contribution in [0.5, 0.6) is 17.2 Å². The lowest BCUT2D eigenvalue weighted by Crippen LogP contribution is -2.25. The number of H-pyrrole nitrogens is 1. The van der Waals surface area contributed by atoms with Crippen LogP contribution >= 0.6 is 23.2 Å². The standard InChI is InChI=1S/C16H13Cl2N5O4S/c17-11-5-8(16-19-22-23-20-16)6-12(18)15(11)27-10-3-4-13(24)14(7-10)28(25,26)21-9-1-2-9/h3-7,9,21,24H,1-2H2,(H,19,20,22,23). The van der Waals surface area contributed by atoms with Gasteiger partial charge >= 0.3 is 0 Å². The van der Waals surface area contributed by atoms with Crippen molar-refractivity contribution in [1.82, 2.24) is 25.3 Å². The highest BCUT2D eigenvalue weighted by Gasteiger charge is 2.30. The fourth-order valence-corrected chi connectivity index (χ4v) is 4.43. The van der Waals surface area contributed by atoms with Crippen molar-refractivity contribution < 1.29 is 18.3 Å². The van der Waals surface area contributed by atoms with Crippen LogP contribution in [-0.4, -0.2) is 40.2 Å². The van der Waals surface area contributed by atoms with Gasteiger partial charge in [-0.2, -0.15) is 5.21 Å². The lowest BCUT2D eigenvalue weighted by Gasteiger charge is -2.13. The normalized spacial score (nSPS) is 14.2. The third-order valence-electron chi connectivity index (χ3n) is 3.94. The Kier molecular flexibility index (Phi) is 4.88. The molecular weight excluding hydrogens is 429 g/mol. The van der Waals surface area contributed by atoms with Crippen LogP contribution in [0.15, 0.2) is 35.2 Å². The Morgan fingerprint density at radius 1 is 1.18 bits per heavy atom. The number of phenols is 1. The zero-order valence-electron chi connectivity index (χ0n) is 14.1. The second-order valence-corrected chi connectivity index (χ2v) is 8.63. The summed E-state index contributed by atoms with van der Waals surface area (Å²) in [6.07, 6.45) is 1.54. The molecule has 1 fully saturated rings. The summed E-state index contributed by atoms with van der Waals surface area (Å²) >= 11 is 12.5. The number of nitrogens with one attached hydrogen (secondary N) is 2. The molecule has 1 saturated carbocycles. The number of aromatic amines is 1. The monoisotopic (exact) mass is 441 g/mol. The molecule has 146 valence electrons. The number of benzene rings is 2. The molecule has 0 spiro atoms. The Balaban J connectivity index is 1.65. The van der Waals surface area contributed by atoms with Gasteiger partial charge in [0.25, 0.3) is 0 Å². The topological polar surface area (TPSA) is 130 Å². The molecule has 0 saturated heterocycles. The molecule has 9 nitrogen and oxygen atoms in total. The van der Waals surface area contributed by atoms with Gasteiger partial charge in [0.15, 0.2) is 5.75 Å². The predicted octanol–water partition coefficient (Wildman–Crippen LogP) is 3.11. The van der Waals surface area contributed by atoms with E-state index in [2.05, 4.69) is 25.3 Å². The number of rotatable bonds is 6. The molecule has 12 heteroatoms. The van der Waals surface area contributed by atoms with Gasteiger partial charge in [-0.25, -0.2) is 13.1 Å². The largest absolute Gasteiger partial charge is 0.507 e. The van der Waals surface area contributed by atoms with Crippen LogP contribution in [0.25, 0.3) is 11.4 Å². The van der Waals surface area contributed by atoms with E-state index >= 15 is 0 Å². The first-order chi connectivity index (χ1) is 13.3. The van der Waals surface area contributed by atoms with Crippen molar-refractivity contribution in [3.05, 3.63) is 40.4 Å². The van der Waals surface area contributed by atoms with E-state index in [0.717, 1.165) is 12.8 Å². The first kappa shape index (κ1) is 18.9. The molecule has 2 aromatic carbocycles. The lowest BCUT2D eigenvalue weighted by molar-refractivity contribution is 0.448. The quantitative estimate of drug-likeness (QED) is 0.535. The zero-order valence-corrected chi connectivity index (χ0v) is 16.4. The highest BCUT2D eigenvalue weighted by atomic mass is 35.5. The van der Waals surface area contributed by atoms with Gasteiger partial charge in [0.05, 0.1) is 10.0 Å². The van der Waals surface area contributed by atoms with E-state index in [0.29, 0.717) is 11.4 Å². The first-order valence-corrected chi connectivity index (χ1v) is 10.3. The zero-order chi connectivity index (χ0) is 19.9. The maximum Gasteiger partial charge on any atom is 0.244 e. The van der Waals surface area contributed by atoms with Gasteiger partial charge in [0, 0.05) is 17.7 Å². The third kappa shape index (κ3) is 3.90. The van der Waals surface area contributed by atoms with Crippen LogP contribution in [-0.2, 0) is 10.0 Å². The summed E-state index contributed by atoms with van der Waals surface area (Å²) in [4.78, 5) is -0.285. The summed E-state index contributed by atoms with van der Waals surface area (Å²) in [6, 6.07) is 6.83. The minimum absolute atomic E-state index is 0.101. The average molecular weight is 442 g/mol. The van der Waals surface area contributed by atoms with E-state index in [-0.39, 0.29) is 38.2 Å². The van der Waals surface area contributed by atoms with Crippen molar-refractivity contribution in [2.24, 2.45) is 0 Å². The number of hydrogen-bond donors (Lipinski definition) is 3. The van der Waals surface area contributed by atoms with Gasteiger partial charge in [0.2, 0.25) is 15.8 Å². The number of nitrogens with zero attached hydrogens (tertiary/aromatic N) is 3. The van der Waals surface area contributed by atoms with Gasteiger partial charge in [-0.05, 0) is 42.3 Å². The molecule has 4 rings (SSSR count). The Labute approximate surface area is 169 Å². The van der Waals surface area contributed by atoms with E-state index < -0.39 is 10.0 Å². The van der Waals surface area contributed by atoms with E-state index in [4.69, 9.17) is 27.9 Å². The van der Waals surface area contributed by atoms with Gasteiger partial charge in [-0.1, -0.05) is 23.2 Å². The molecule has 3 aromatic rings. The molecular formula is C16H13Cl2N5O4S. The van der Waals surface area contributed by atoms with Crippen LogP contribution < -0.4 is 9.46 Å². The number of hydrogen-bond acceptors (Lipinski definition) is 7. The van der Waals surface area contributed by atoms with E-state index in [1.165, 1.54) is 18.2 Å². The van der Waals surface area contributed by atoms with Crippen molar-refractivity contribution in [3.63, 3.8) is 0 Å². The van der Waals surface area contributed by atoms with E-state index in [1.54, 1.807) is 12.1 Å². The van der Waals surface area contributed by atoms with Gasteiger partial charge in [-0.15, -0.1) is 10.2 Å². The van der Waals surface area contributed by atoms with E-state index in [9.17, 15) is 13.5 Å². The SMILES string of the molecule is O=S(=O)(NC1CC1)c1cc(Oc2c(Cl)cc(-c3nn[nH]n3)cc2Cl)ccc1O. The number of sulfonamides is 1. The molecule has 0 radical (unpaired) electrons. The van der Waals surface area contributed by atoms with Crippen LogP contribution in [0.4, 0.5) is 0 Å². The Morgan fingerprint density at radius 3 is 2.50 bits per heavy atom. The first-order valence-electron chi connectivity index (χ1n) is 8.09. The summed E-state index contributed by atoms with van der Waals surface area (Å²) < 4.78 is 33.0. The molecule has 1 aliphatic rings. The van der Waals surface area contributed by atoms with Crippen molar-refractivity contribution in [1.29, 1.82) is 0 Å². The fraction of sp³-hybridized carbons (Fsp3) is 0.188.